The van der Waals surface area contributed by atoms with Gasteiger partial charge in [0.2, 0.25) is 27.6 Å². The van der Waals surface area contributed by atoms with E-state index in [2.05, 4.69) is 10.1 Å². The van der Waals surface area contributed by atoms with Crippen LogP contribution >= 0.6 is 0 Å². The van der Waals surface area contributed by atoms with E-state index < -0.39 is 10.0 Å². The highest BCUT2D eigenvalue weighted by Gasteiger charge is 2.27. The van der Waals surface area contributed by atoms with Gasteiger partial charge in [-0.25, -0.2) is 8.42 Å². The van der Waals surface area contributed by atoms with Crippen LogP contribution in [0.15, 0.2) is 57.9 Å². The molecule has 1 aromatic heterocycles. The Labute approximate surface area is 192 Å². The minimum Gasteiger partial charge on any atom is -0.379 e. The fraction of sp³-hybridized carbons (Fsp3) is 0.348. The van der Waals surface area contributed by atoms with Gasteiger partial charge in [0.15, 0.2) is 0 Å². The van der Waals surface area contributed by atoms with Gasteiger partial charge in [0.25, 0.3) is 0 Å². The smallest absolute Gasteiger partial charge is 0.243 e. The number of aromatic nitrogens is 2. The molecule has 2 aromatic carbocycles. The molecule has 0 spiro atoms. The molecule has 5 rings (SSSR count). The molecule has 2 aliphatic rings. The largest absolute Gasteiger partial charge is 0.379 e. The number of benzene rings is 2. The first-order chi connectivity index (χ1) is 16.0. The molecule has 0 bridgehead atoms. The van der Waals surface area contributed by atoms with E-state index in [9.17, 15) is 13.2 Å². The van der Waals surface area contributed by atoms with Gasteiger partial charge in [-0.05, 0) is 42.3 Å². The Hall–Kier alpha value is -3.08. The summed E-state index contributed by atoms with van der Waals surface area (Å²) in [6.07, 6.45) is 1.48. The number of ether oxygens (including phenoxy) is 1. The summed E-state index contributed by atoms with van der Waals surface area (Å²) in [5.41, 5.74) is 2.80. The molecule has 10 heteroatoms. The number of amides is 1. The summed E-state index contributed by atoms with van der Waals surface area (Å²) < 4.78 is 37.5. The Kier molecular flexibility index (Phi) is 5.96. The van der Waals surface area contributed by atoms with Gasteiger partial charge < -0.3 is 14.2 Å². The van der Waals surface area contributed by atoms with Crippen LogP contribution in [0.3, 0.4) is 0 Å². The molecule has 1 amide bonds. The fourth-order valence-electron chi connectivity index (χ4n) is 4.13. The van der Waals surface area contributed by atoms with Crippen molar-refractivity contribution in [1.82, 2.24) is 14.4 Å². The van der Waals surface area contributed by atoms with Crippen molar-refractivity contribution >= 4 is 21.6 Å². The second kappa shape index (κ2) is 9.05. The number of carbonyl (C=O) groups is 1. The van der Waals surface area contributed by atoms with Gasteiger partial charge in [-0.15, -0.1) is 0 Å². The topological polar surface area (TPSA) is 106 Å². The first kappa shape index (κ1) is 21.7. The number of rotatable bonds is 6. The van der Waals surface area contributed by atoms with Crippen molar-refractivity contribution < 1.29 is 22.5 Å². The molecule has 0 radical (unpaired) electrons. The first-order valence-electron chi connectivity index (χ1n) is 10.9. The number of sulfonamides is 1. The Morgan fingerprint density at radius 1 is 1.00 bits per heavy atom. The van der Waals surface area contributed by atoms with Crippen molar-refractivity contribution in [3.63, 3.8) is 0 Å². The number of aryl methyl sites for hydroxylation is 1. The van der Waals surface area contributed by atoms with Crippen LogP contribution in [-0.2, 0) is 32.4 Å². The Balaban J connectivity index is 1.22. The zero-order valence-corrected chi connectivity index (χ0v) is 18.8. The van der Waals surface area contributed by atoms with Crippen LogP contribution in [0.4, 0.5) is 5.69 Å². The second-order valence-corrected chi connectivity index (χ2v) is 9.91. The van der Waals surface area contributed by atoms with Crippen LogP contribution in [0.1, 0.15) is 17.9 Å². The first-order valence-corrected chi connectivity index (χ1v) is 12.4. The van der Waals surface area contributed by atoms with Crippen molar-refractivity contribution in [1.29, 1.82) is 0 Å². The number of hydrogen-bond acceptors (Lipinski definition) is 7. The van der Waals surface area contributed by atoms with Crippen molar-refractivity contribution in [2.45, 2.75) is 24.2 Å². The monoisotopic (exact) mass is 468 g/mol. The maximum absolute atomic E-state index is 12.8. The lowest BCUT2D eigenvalue weighted by Crippen LogP contribution is -2.40. The average molecular weight is 469 g/mol. The van der Waals surface area contributed by atoms with Crippen LogP contribution in [0.2, 0.25) is 0 Å². The van der Waals surface area contributed by atoms with Gasteiger partial charge in [0.1, 0.15) is 0 Å². The SMILES string of the molecule is O=C(CCc1nc(-c2ccc(S(=O)(=O)N3CCOCC3)cc2)no1)N1CCc2ccccc21. The number of nitrogens with zero attached hydrogens (tertiary/aromatic N) is 4. The third-order valence-electron chi connectivity index (χ3n) is 5.93. The maximum Gasteiger partial charge on any atom is 0.243 e. The molecule has 9 nitrogen and oxygen atoms in total. The van der Waals surface area contributed by atoms with Crippen molar-refractivity contribution in [2.24, 2.45) is 0 Å². The summed E-state index contributed by atoms with van der Waals surface area (Å²) in [4.78, 5) is 19.1. The van der Waals surface area contributed by atoms with Gasteiger partial charge in [-0.2, -0.15) is 9.29 Å². The van der Waals surface area contributed by atoms with E-state index in [-0.39, 0.29) is 17.2 Å². The third kappa shape index (κ3) is 4.41. The number of hydrogen-bond donors (Lipinski definition) is 0. The molecule has 0 unspecified atom stereocenters. The average Bonchev–Trinajstić information content (AvgIpc) is 3.51. The molecule has 3 heterocycles. The number of morpholine rings is 1. The molecule has 33 heavy (non-hydrogen) atoms. The molecule has 0 saturated carbocycles. The van der Waals surface area contributed by atoms with E-state index in [0.29, 0.717) is 56.5 Å². The molecule has 1 fully saturated rings. The predicted molar refractivity (Wildman–Crippen MR) is 120 cm³/mol. The van der Waals surface area contributed by atoms with Gasteiger partial charge in [-0.1, -0.05) is 23.4 Å². The van der Waals surface area contributed by atoms with E-state index in [0.717, 1.165) is 12.1 Å². The minimum absolute atomic E-state index is 0.0253. The van der Waals surface area contributed by atoms with Crippen LogP contribution in [0.5, 0.6) is 0 Å². The van der Waals surface area contributed by atoms with Crippen LogP contribution in [0, 0.1) is 0 Å². The second-order valence-electron chi connectivity index (χ2n) is 7.98. The van der Waals surface area contributed by atoms with Gasteiger partial charge in [-0.3, -0.25) is 4.79 Å². The van der Waals surface area contributed by atoms with Gasteiger partial charge in [0.05, 0.1) is 18.1 Å². The summed E-state index contributed by atoms with van der Waals surface area (Å²) in [5.74, 6) is 0.757. The van der Waals surface area contributed by atoms with Crippen molar-refractivity contribution in [2.75, 3.05) is 37.7 Å². The summed E-state index contributed by atoms with van der Waals surface area (Å²) in [5, 5.41) is 3.99. The Morgan fingerprint density at radius 2 is 1.76 bits per heavy atom. The molecule has 0 atom stereocenters. The van der Waals surface area contributed by atoms with E-state index in [1.54, 1.807) is 29.2 Å². The standard InChI is InChI=1S/C23H24N4O5S/c28-22(27-12-11-17-3-1-2-4-20(17)27)10-9-21-24-23(25-32-21)18-5-7-19(8-6-18)33(29,30)26-13-15-31-16-14-26/h1-8H,9-16H2. The highest BCUT2D eigenvalue weighted by atomic mass is 32.2. The van der Waals surface area contributed by atoms with E-state index in [4.69, 9.17) is 9.26 Å². The highest BCUT2D eigenvalue weighted by Crippen LogP contribution is 2.28. The zero-order chi connectivity index (χ0) is 22.8. The molecule has 2 aliphatic heterocycles. The lowest BCUT2D eigenvalue weighted by molar-refractivity contribution is -0.118. The number of para-hydroxylation sites is 1. The van der Waals surface area contributed by atoms with Crippen molar-refractivity contribution in [3.8, 4) is 11.4 Å². The highest BCUT2D eigenvalue weighted by molar-refractivity contribution is 7.89. The molecule has 172 valence electrons. The number of anilines is 1. The minimum atomic E-state index is -3.56. The molecule has 3 aromatic rings. The van der Waals surface area contributed by atoms with Crippen molar-refractivity contribution in [3.05, 3.63) is 60.0 Å². The number of fused-ring (bicyclic) bond motifs is 1. The van der Waals surface area contributed by atoms with E-state index in [1.807, 2.05) is 24.3 Å². The number of carbonyl (C=O) groups excluding carboxylic acids is 1. The lowest BCUT2D eigenvalue weighted by Gasteiger charge is -2.26. The molecule has 1 saturated heterocycles. The summed E-state index contributed by atoms with van der Waals surface area (Å²) in [7, 11) is -3.56. The van der Waals surface area contributed by atoms with Crippen LogP contribution < -0.4 is 4.90 Å². The quantitative estimate of drug-likeness (QED) is 0.546. The third-order valence-corrected chi connectivity index (χ3v) is 7.84. The van der Waals surface area contributed by atoms with E-state index >= 15 is 0 Å². The van der Waals surface area contributed by atoms with Crippen LogP contribution in [0.25, 0.3) is 11.4 Å². The summed E-state index contributed by atoms with van der Waals surface area (Å²) in [6.45, 7) is 2.18. The fourth-order valence-corrected chi connectivity index (χ4v) is 5.54. The predicted octanol–water partition coefficient (Wildman–Crippen LogP) is 2.28. The summed E-state index contributed by atoms with van der Waals surface area (Å²) in [6, 6.07) is 14.3. The Morgan fingerprint density at radius 3 is 2.55 bits per heavy atom. The normalized spacial score (nSPS) is 16.7. The molecule has 0 N–H and O–H groups in total. The van der Waals surface area contributed by atoms with E-state index in [1.165, 1.54) is 9.87 Å². The molecular formula is C23H24N4O5S. The lowest BCUT2D eigenvalue weighted by atomic mass is 10.2. The van der Waals surface area contributed by atoms with Gasteiger partial charge >= 0.3 is 0 Å². The Bertz CT molecular complexity index is 1250. The van der Waals surface area contributed by atoms with Gasteiger partial charge in [0, 0.05) is 43.7 Å². The van der Waals surface area contributed by atoms with Crippen LogP contribution in [-0.4, -0.2) is 61.6 Å². The zero-order valence-electron chi connectivity index (χ0n) is 18.0. The molecule has 0 aliphatic carbocycles. The summed E-state index contributed by atoms with van der Waals surface area (Å²) >= 11 is 0. The maximum atomic E-state index is 12.8. The molecular weight excluding hydrogens is 444 g/mol.